The third kappa shape index (κ3) is 2.63. The molecule has 5 nitrogen and oxygen atoms in total. The quantitative estimate of drug-likeness (QED) is 0.864. The van der Waals surface area contributed by atoms with E-state index >= 15 is 0 Å². The molecule has 1 saturated heterocycles. The van der Waals surface area contributed by atoms with Crippen LogP contribution in [0.1, 0.15) is 24.7 Å². The number of aryl methyl sites for hydroxylation is 1. The monoisotopic (exact) mass is 293 g/mol. The van der Waals surface area contributed by atoms with Crippen LogP contribution < -0.4 is 5.56 Å². The lowest BCUT2D eigenvalue weighted by Gasteiger charge is -2.32. The number of rotatable bonds is 3. The molecule has 0 bridgehead atoms. The van der Waals surface area contributed by atoms with Gasteiger partial charge in [0, 0.05) is 36.8 Å². The van der Waals surface area contributed by atoms with E-state index in [9.17, 15) is 4.79 Å². The van der Waals surface area contributed by atoms with E-state index in [4.69, 9.17) is 4.74 Å². The van der Waals surface area contributed by atoms with Crippen molar-refractivity contribution in [3.63, 3.8) is 0 Å². The zero-order chi connectivity index (χ0) is 14.1. The van der Waals surface area contributed by atoms with Gasteiger partial charge in [-0.15, -0.1) is 11.3 Å². The number of aromatic nitrogens is 2. The van der Waals surface area contributed by atoms with E-state index in [0.717, 1.165) is 49.0 Å². The first-order valence-electron chi connectivity index (χ1n) is 6.98. The minimum absolute atomic E-state index is 0.0176. The topological polar surface area (TPSA) is 46.8 Å². The van der Waals surface area contributed by atoms with Crippen LogP contribution in [0.3, 0.4) is 0 Å². The SMILES string of the molecule is CC[C@@H]1CN(Cc2cc(=O)n3c(C)csc3n2)CCO1. The maximum Gasteiger partial charge on any atom is 0.259 e. The Balaban J connectivity index is 1.82. The van der Waals surface area contributed by atoms with Crippen LogP contribution in [0.15, 0.2) is 16.2 Å². The zero-order valence-corrected chi connectivity index (χ0v) is 12.7. The van der Waals surface area contributed by atoms with Crippen LogP contribution >= 0.6 is 11.3 Å². The van der Waals surface area contributed by atoms with E-state index < -0.39 is 0 Å². The first kappa shape index (κ1) is 13.7. The van der Waals surface area contributed by atoms with E-state index in [1.165, 1.54) is 11.3 Å². The molecule has 0 radical (unpaired) electrons. The van der Waals surface area contributed by atoms with Gasteiger partial charge >= 0.3 is 0 Å². The number of nitrogens with zero attached hydrogens (tertiary/aromatic N) is 3. The fourth-order valence-electron chi connectivity index (χ4n) is 2.58. The number of morpholine rings is 1. The Bertz CT molecular complexity index is 664. The Hall–Kier alpha value is -1.24. The maximum atomic E-state index is 12.1. The zero-order valence-electron chi connectivity index (χ0n) is 11.8. The molecular weight excluding hydrogens is 274 g/mol. The molecule has 20 heavy (non-hydrogen) atoms. The summed E-state index contributed by atoms with van der Waals surface area (Å²) in [6.45, 7) is 7.38. The molecule has 0 N–H and O–H groups in total. The van der Waals surface area contributed by atoms with Crippen molar-refractivity contribution >= 4 is 16.3 Å². The van der Waals surface area contributed by atoms with Gasteiger partial charge in [-0.2, -0.15) is 0 Å². The fraction of sp³-hybridized carbons (Fsp3) is 0.571. The second kappa shape index (κ2) is 5.63. The van der Waals surface area contributed by atoms with Gasteiger partial charge in [-0.25, -0.2) is 4.98 Å². The Morgan fingerprint density at radius 3 is 3.20 bits per heavy atom. The van der Waals surface area contributed by atoms with Crippen molar-refractivity contribution in [1.82, 2.24) is 14.3 Å². The van der Waals surface area contributed by atoms with Gasteiger partial charge in [0.15, 0.2) is 4.96 Å². The smallest absolute Gasteiger partial charge is 0.259 e. The summed E-state index contributed by atoms with van der Waals surface area (Å²) in [5.41, 5.74) is 1.82. The summed E-state index contributed by atoms with van der Waals surface area (Å²) in [7, 11) is 0. The largest absolute Gasteiger partial charge is 0.376 e. The van der Waals surface area contributed by atoms with E-state index in [1.54, 1.807) is 10.5 Å². The summed E-state index contributed by atoms with van der Waals surface area (Å²) >= 11 is 1.52. The van der Waals surface area contributed by atoms with Crippen molar-refractivity contribution in [3.8, 4) is 0 Å². The van der Waals surface area contributed by atoms with Crippen LogP contribution in [-0.2, 0) is 11.3 Å². The van der Waals surface area contributed by atoms with Crippen LogP contribution in [0.4, 0.5) is 0 Å². The first-order chi connectivity index (χ1) is 9.67. The highest BCUT2D eigenvalue weighted by atomic mass is 32.1. The lowest BCUT2D eigenvalue weighted by Crippen LogP contribution is -2.41. The number of hydrogen-bond acceptors (Lipinski definition) is 5. The van der Waals surface area contributed by atoms with Gasteiger partial charge in [-0.05, 0) is 13.3 Å². The molecule has 0 amide bonds. The van der Waals surface area contributed by atoms with Gasteiger partial charge in [0.25, 0.3) is 5.56 Å². The molecule has 2 aromatic rings. The summed E-state index contributed by atoms with van der Waals surface area (Å²) in [5.74, 6) is 0. The third-order valence-electron chi connectivity index (χ3n) is 3.69. The van der Waals surface area contributed by atoms with Gasteiger partial charge < -0.3 is 4.74 Å². The van der Waals surface area contributed by atoms with Gasteiger partial charge in [-0.1, -0.05) is 6.92 Å². The Morgan fingerprint density at radius 2 is 2.40 bits per heavy atom. The molecule has 0 unspecified atom stereocenters. The number of hydrogen-bond donors (Lipinski definition) is 0. The highest BCUT2D eigenvalue weighted by Crippen LogP contribution is 2.14. The van der Waals surface area contributed by atoms with E-state index in [2.05, 4.69) is 16.8 Å². The molecule has 2 aromatic heterocycles. The van der Waals surface area contributed by atoms with Crippen LogP contribution in [0, 0.1) is 6.92 Å². The van der Waals surface area contributed by atoms with E-state index in [0.29, 0.717) is 6.10 Å². The molecule has 1 aliphatic rings. The fourth-order valence-corrected chi connectivity index (χ4v) is 3.47. The average Bonchev–Trinajstić information content (AvgIpc) is 2.81. The average molecular weight is 293 g/mol. The van der Waals surface area contributed by atoms with Crippen LogP contribution in [0.25, 0.3) is 4.96 Å². The molecule has 1 atom stereocenters. The highest BCUT2D eigenvalue weighted by Gasteiger charge is 2.19. The van der Waals surface area contributed by atoms with Crippen molar-refractivity contribution < 1.29 is 4.74 Å². The van der Waals surface area contributed by atoms with Gasteiger partial charge in [0.05, 0.1) is 18.4 Å². The van der Waals surface area contributed by atoms with Gasteiger partial charge in [0.2, 0.25) is 0 Å². The molecule has 3 heterocycles. The standard InChI is InChI=1S/C14H19N3O2S/c1-3-12-8-16(4-5-19-12)7-11-6-13(18)17-10(2)9-20-14(17)15-11/h6,9,12H,3-5,7-8H2,1-2H3/t12-/m1/s1. The van der Waals surface area contributed by atoms with Crippen molar-refractivity contribution in [2.24, 2.45) is 0 Å². The van der Waals surface area contributed by atoms with Gasteiger partial charge in [-0.3, -0.25) is 14.1 Å². The molecule has 3 rings (SSSR count). The summed E-state index contributed by atoms with van der Waals surface area (Å²) in [6, 6.07) is 1.66. The predicted octanol–water partition coefficient (Wildman–Crippen LogP) is 1.68. The van der Waals surface area contributed by atoms with Crippen molar-refractivity contribution in [3.05, 3.63) is 33.2 Å². The van der Waals surface area contributed by atoms with E-state index in [-0.39, 0.29) is 5.56 Å². The number of ether oxygens (including phenoxy) is 1. The van der Waals surface area contributed by atoms with E-state index in [1.807, 2.05) is 12.3 Å². The molecule has 6 heteroatoms. The molecule has 0 aliphatic carbocycles. The second-order valence-electron chi connectivity index (χ2n) is 5.22. The maximum absolute atomic E-state index is 12.1. The lowest BCUT2D eigenvalue weighted by molar-refractivity contribution is -0.0328. The molecule has 0 spiro atoms. The predicted molar refractivity (Wildman–Crippen MR) is 79.4 cm³/mol. The van der Waals surface area contributed by atoms with Crippen molar-refractivity contribution in [2.45, 2.75) is 32.9 Å². The lowest BCUT2D eigenvalue weighted by atomic mass is 10.2. The molecule has 1 aliphatic heterocycles. The van der Waals surface area contributed by atoms with Crippen molar-refractivity contribution in [2.75, 3.05) is 19.7 Å². The number of thiazole rings is 1. The summed E-state index contributed by atoms with van der Waals surface area (Å²) in [4.78, 5) is 19.8. The number of fused-ring (bicyclic) bond motifs is 1. The molecule has 1 fully saturated rings. The summed E-state index contributed by atoms with van der Waals surface area (Å²) in [5, 5.41) is 1.97. The molecule has 0 saturated carbocycles. The second-order valence-corrected chi connectivity index (χ2v) is 6.05. The van der Waals surface area contributed by atoms with Crippen LogP contribution in [0.5, 0.6) is 0 Å². The summed E-state index contributed by atoms with van der Waals surface area (Å²) in [6.07, 6.45) is 1.33. The van der Waals surface area contributed by atoms with Crippen LogP contribution in [-0.4, -0.2) is 40.1 Å². The Labute approximate surface area is 121 Å². The Morgan fingerprint density at radius 1 is 1.55 bits per heavy atom. The van der Waals surface area contributed by atoms with Gasteiger partial charge in [0.1, 0.15) is 0 Å². The first-order valence-corrected chi connectivity index (χ1v) is 7.86. The molecule has 108 valence electrons. The minimum Gasteiger partial charge on any atom is -0.376 e. The van der Waals surface area contributed by atoms with Crippen molar-refractivity contribution in [1.29, 1.82) is 0 Å². The Kier molecular flexibility index (Phi) is 3.87. The normalized spacial score (nSPS) is 20.6. The van der Waals surface area contributed by atoms with Crippen LogP contribution in [0.2, 0.25) is 0 Å². The molecule has 0 aromatic carbocycles. The highest BCUT2D eigenvalue weighted by molar-refractivity contribution is 7.15. The molecular formula is C14H19N3O2S. The third-order valence-corrected chi connectivity index (χ3v) is 4.64. The minimum atomic E-state index is 0.0176. The summed E-state index contributed by atoms with van der Waals surface area (Å²) < 4.78 is 7.34.